The highest BCUT2D eigenvalue weighted by molar-refractivity contribution is 6.03. The van der Waals surface area contributed by atoms with Crippen molar-refractivity contribution in [2.24, 2.45) is 5.73 Å². The Morgan fingerprint density at radius 3 is 2.63 bits per heavy atom. The number of hydrogen-bond acceptors (Lipinski definition) is 6. The number of fused-ring (bicyclic) bond motifs is 1. The molecule has 0 atom stereocenters. The normalized spacial score (nSPS) is 14.1. The number of benzene rings is 2. The Bertz CT molecular complexity index is 1140. The molecule has 0 radical (unpaired) electrons. The zero-order valence-corrected chi connectivity index (χ0v) is 16.3. The van der Waals surface area contributed by atoms with Crippen LogP contribution in [0.3, 0.4) is 0 Å². The number of anilines is 2. The number of nitrogens with two attached hydrogens (primary N) is 1. The van der Waals surface area contributed by atoms with Gasteiger partial charge in [-0.3, -0.25) is 14.2 Å². The molecule has 1 saturated heterocycles. The highest BCUT2D eigenvalue weighted by atomic mass is 16.5. The zero-order valence-electron chi connectivity index (χ0n) is 16.3. The fourth-order valence-electron chi connectivity index (χ4n) is 3.52. The number of amides is 2. The minimum absolute atomic E-state index is 0.0346. The standard InChI is InChI=1S/C21H22N4O5/c22-20(27)15-13-14(24-9-11-29-12-10-24)5-6-16(15)23-19(26)7-8-25-17-3-1-2-4-18(17)30-21(25)28/h1-6,13H,7-12H2,(H2,22,27)(H,23,26). The first-order valence-corrected chi connectivity index (χ1v) is 9.68. The molecule has 1 aliphatic heterocycles. The number of aryl methyl sites for hydroxylation is 1. The van der Waals surface area contributed by atoms with Crippen molar-refractivity contribution in [3.05, 3.63) is 58.6 Å². The number of primary amides is 1. The number of para-hydroxylation sites is 2. The van der Waals surface area contributed by atoms with E-state index in [0.717, 1.165) is 18.8 Å². The lowest BCUT2D eigenvalue weighted by molar-refractivity contribution is -0.116. The summed E-state index contributed by atoms with van der Waals surface area (Å²) in [6, 6.07) is 12.2. The number of nitrogens with one attached hydrogen (secondary N) is 1. The summed E-state index contributed by atoms with van der Waals surface area (Å²) in [5, 5.41) is 2.72. The van der Waals surface area contributed by atoms with Crippen molar-refractivity contribution < 1.29 is 18.7 Å². The lowest BCUT2D eigenvalue weighted by Crippen LogP contribution is -2.36. The van der Waals surface area contributed by atoms with Gasteiger partial charge in [-0.25, -0.2) is 4.79 Å². The summed E-state index contributed by atoms with van der Waals surface area (Å²) < 4.78 is 11.9. The molecular formula is C21H22N4O5. The molecule has 1 fully saturated rings. The molecule has 2 aromatic carbocycles. The van der Waals surface area contributed by atoms with E-state index in [1.807, 2.05) is 6.07 Å². The van der Waals surface area contributed by atoms with Gasteiger partial charge in [0.25, 0.3) is 5.91 Å². The number of hydrogen-bond donors (Lipinski definition) is 2. The summed E-state index contributed by atoms with van der Waals surface area (Å²) in [6.45, 7) is 2.83. The van der Waals surface area contributed by atoms with Gasteiger partial charge in [0.15, 0.2) is 5.58 Å². The molecule has 1 aromatic heterocycles. The number of nitrogens with zero attached hydrogens (tertiary/aromatic N) is 2. The maximum atomic E-state index is 12.5. The van der Waals surface area contributed by atoms with Crippen LogP contribution in [0.25, 0.3) is 11.1 Å². The fourth-order valence-corrected chi connectivity index (χ4v) is 3.52. The highest BCUT2D eigenvalue weighted by Gasteiger charge is 2.17. The van der Waals surface area contributed by atoms with Gasteiger partial charge >= 0.3 is 5.76 Å². The van der Waals surface area contributed by atoms with Gasteiger partial charge in [-0.05, 0) is 30.3 Å². The van der Waals surface area contributed by atoms with Crippen molar-refractivity contribution in [1.82, 2.24) is 4.57 Å². The summed E-state index contributed by atoms with van der Waals surface area (Å²) in [5.41, 5.74) is 8.05. The number of oxazole rings is 1. The first kappa shape index (κ1) is 19.7. The van der Waals surface area contributed by atoms with Gasteiger partial charge in [0.2, 0.25) is 5.91 Å². The second-order valence-corrected chi connectivity index (χ2v) is 6.98. The number of carbonyl (C=O) groups excluding carboxylic acids is 2. The van der Waals surface area contributed by atoms with E-state index in [1.165, 1.54) is 4.57 Å². The van der Waals surface area contributed by atoms with Crippen molar-refractivity contribution >= 4 is 34.3 Å². The number of morpholine rings is 1. The van der Waals surface area contributed by atoms with Crippen LogP contribution in [0, 0.1) is 0 Å². The molecule has 0 aliphatic carbocycles. The summed E-state index contributed by atoms with van der Waals surface area (Å²) in [6.07, 6.45) is 0.0346. The van der Waals surface area contributed by atoms with Crippen molar-refractivity contribution in [3.8, 4) is 0 Å². The van der Waals surface area contributed by atoms with Crippen LogP contribution in [0.4, 0.5) is 11.4 Å². The molecule has 4 rings (SSSR count). The van der Waals surface area contributed by atoms with E-state index in [0.29, 0.717) is 30.0 Å². The quantitative estimate of drug-likeness (QED) is 0.636. The molecule has 9 heteroatoms. The fraction of sp³-hybridized carbons (Fsp3) is 0.286. The number of carbonyl (C=O) groups is 2. The maximum absolute atomic E-state index is 12.5. The first-order valence-electron chi connectivity index (χ1n) is 9.68. The van der Waals surface area contributed by atoms with Gasteiger partial charge in [-0.2, -0.15) is 0 Å². The molecule has 0 unspecified atom stereocenters. The SMILES string of the molecule is NC(=O)c1cc(N2CCOCC2)ccc1NC(=O)CCn1c(=O)oc2ccccc21. The van der Waals surface area contributed by atoms with E-state index in [2.05, 4.69) is 10.2 Å². The summed E-state index contributed by atoms with van der Waals surface area (Å²) in [4.78, 5) is 38.5. The van der Waals surface area contributed by atoms with E-state index in [4.69, 9.17) is 14.9 Å². The summed E-state index contributed by atoms with van der Waals surface area (Å²) in [5.74, 6) is -1.48. The third kappa shape index (κ3) is 4.06. The van der Waals surface area contributed by atoms with E-state index in [1.54, 1.807) is 36.4 Å². The Balaban J connectivity index is 1.47. The second kappa shape index (κ2) is 8.42. The Kier molecular flexibility index (Phi) is 5.53. The van der Waals surface area contributed by atoms with Crippen molar-refractivity contribution in [2.45, 2.75) is 13.0 Å². The minimum Gasteiger partial charge on any atom is -0.408 e. The van der Waals surface area contributed by atoms with Crippen LogP contribution in [0.2, 0.25) is 0 Å². The molecule has 0 spiro atoms. The van der Waals surface area contributed by atoms with Crippen molar-refractivity contribution in [3.63, 3.8) is 0 Å². The van der Waals surface area contributed by atoms with Crippen LogP contribution in [0.1, 0.15) is 16.8 Å². The van der Waals surface area contributed by atoms with Crippen LogP contribution >= 0.6 is 0 Å². The van der Waals surface area contributed by atoms with Gasteiger partial charge in [-0.15, -0.1) is 0 Å². The van der Waals surface area contributed by atoms with Crippen LogP contribution in [-0.2, 0) is 16.1 Å². The lowest BCUT2D eigenvalue weighted by atomic mass is 10.1. The highest BCUT2D eigenvalue weighted by Crippen LogP contribution is 2.24. The van der Waals surface area contributed by atoms with Gasteiger partial charge in [0, 0.05) is 31.7 Å². The van der Waals surface area contributed by atoms with Gasteiger partial charge < -0.3 is 25.1 Å². The van der Waals surface area contributed by atoms with E-state index >= 15 is 0 Å². The molecule has 1 aliphatic rings. The molecular weight excluding hydrogens is 388 g/mol. The van der Waals surface area contributed by atoms with Crippen molar-refractivity contribution in [1.29, 1.82) is 0 Å². The third-order valence-electron chi connectivity index (χ3n) is 5.06. The summed E-state index contributed by atoms with van der Waals surface area (Å²) >= 11 is 0. The van der Waals surface area contributed by atoms with Gasteiger partial charge in [-0.1, -0.05) is 12.1 Å². The van der Waals surface area contributed by atoms with Crippen molar-refractivity contribution in [2.75, 3.05) is 36.5 Å². The summed E-state index contributed by atoms with van der Waals surface area (Å²) in [7, 11) is 0. The molecule has 3 aromatic rings. The van der Waals surface area contributed by atoms with E-state index < -0.39 is 11.7 Å². The van der Waals surface area contributed by atoms with Crippen LogP contribution in [0.5, 0.6) is 0 Å². The number of rotatable bonds is 6. The Morgan fingerprint density at radius 1 is 1.10 bits per heavy atom. The van der Waals surface area contributed by atoms with Gasteiger partial charge in [0.1, 0.15) is 0 Å². The molecule has 30 heavy (non-hydrogen) atoms. The molecule has 156 valence electrons. The molecule has 2 amide bonds. The van der Waals surface area contributed by atoms with E-state index in [-0.39, 0.29) is 24.4 Å². The monoisotopic (exact) mass is 410 g/mol. The van der Waals surface area contributed by atoms with Crippen LogP contribution < -0.4 is 21.7 Å². The first-order chi connectivity index (χ1) is 14.5. The average molecular weight is 410 g/mol. The zero-order chi connectivity index (χ0) is 21.1. The smallest absolute Gasteiger partial charge is 0.408 e. The topological polar surface area (TPSA) is 120 Å². The Labute approximate surface area is 172 Å². The molecule has 3 N–H and O–H groups in total. The largest absolute Gasteiger partial charge is 0.419 e. The number of aromatic nitrogens is 1. The minimum atomic E-state index is -0.627. The average Bonchev–Trinajstić information content (AvgIpc) is 3.08. The third-order valence-corrected chi connectivity index (χ3v) is 5.06. The predicted molar refractivity (Wildman–Crippen MR) is 112 cm³/mol. The molecule has 0 bridgehead atoms. The van der Waals surface area contributed by atoms with Crippen LogP contribution in [-0.4, -0.2) is 42.7 Å². The second-order valence-electron chi connectivity index (χ2n) is 6.98. The molecule has 2 heterocycles. The Morgan fingerprint density at radius 2 is 1.87 bits per heavy atom. The predicted octanol–water partition coefficient (Wildman–Crippen LogP) is 1.56. The number of ether oxygens (including phenoxy) is 1. The molecule has 0 saturated carbocycles. The van der Waals surface area contributed by atoms with Gasteiger partial charge in [0.05, 0.1) is 30.0 Å². The maximum Gasteiger partial charge on any atom is 0.419 e. The molecule has 9 nitrogen and oxygen atoms in total. The van der Waals surface area contributed by atoms with Crippen LogP contribution in [0.15, 0.2) is 51.7 Å². The Hall–Kier alpha value is -3.59. The van der Waals surface area contributed by atoms with E-state index in [9.17, 15) is 14.4 Å². The lowest BCUT2D eigenvalue weighted by Gasteiger charge is -2.29.